The Morgan fingerprint density at radius 1 is 0.284 bits per heavy atom. The van der Waals surface area contributed by atoms with E-state index in [1.54, 1.807) is 12.1 Å². The molecule has 0 amide bonds. The van der Waals surface area contributed by atoms with Gasteiger partial charge < -0.3 is 0 Å². The van der Waals surface area contributed by atoms with Gasteiger partial charge in [-0.15, -0.1) is 0 Å². The molecule has 18 nitrogen and oxygen atoms in total. The van der Waals surface area contributed by atoms with E-state index in [9.17, 15) is 54.9 Å². The van der Waals surface area contributed by atoms with Gasteiger partial charge in [0.1, 0.15) is 5.82 Å². The number of hydrogen-bond donors (Lipinski definition) is 6. The summed E-state index contributed by atoms with van der Waals surface area (Å²) in [5.41, 5.74) is 8.17. The van der Waals surface area contributed by atoms with Crippen LogP contribution in [0, 0.1) is 76.8 Å². The molecular formula is C105H157Br2Cl2FO18S6. The molecule has 0 bridgehead atoms. The van der Waals surface area contributed by atoms with Crippen LogP contribution in [0.3, 0.4) is 0 Å². The number of unbranched alkanes of at least 4 members (excludes halogenated alkanes) is 6. The Bertz CT molecular complexity index is 4680. The molecule has 6 atom stereocenters. The molecule has 6 rings (SSSR count). The lowest BCUT2D eigenvalue weighted by molar-refractivity contribution is 0.421. The maximum Gasteiger partial charge on any atom is 0.264 e. The molecule has 6 aromatic rings. The van der Waals surface area contributed by atoms with E-state index in [1.165, 1.54) is 23.3 Å². The third kappa shape index (κ3) is 75.6. The van der Waals surface area contributed by atoms with Crippen LogP contribution in [0.4, 0.5) is 4.39 Å². The normalized spacial score (nSPS) is 14.0. The molecule has 0 aliphatic heterocycles. The van der Waals surface area contributed by atoms with Crippen molar-refractivity contribution in [2.75, 3.05) is 34.5 Å². The standard InChI is InChI=1S/C21H34O3S.2C17H25BrO3S.2C17H25ClO3S.C16H23FO3S/c1-17(2)16-19(8-6-7-15-25(22,23)24)10-9-18-11-13-20(14-12-18)21(3,4)5;4*1-14(2)13-16(5-3-4-12-22(19,20)21)7-6-15-8-10-17(18)11-9-15;1-13(2)15(5-3-4-12-21(18,19)20)9-6-14-7-10-16(17)11-8-14/h9-14,17,19H,6-8,15-16H2,1-5H3,(H,22,23,24);4*6-11,14,16H,3-5,12-13H2,1-2H3,(H,19,20,21);6-11,13,15H,3-5,12H2,1-2H3,(H,18,19,20)/b10-9+;4*7-6+;9-6+/t19-;4*16-;15-/m010101/s1. The lowest BCUT2D eigenvalue weighted by Gasteiger charge is -2.19. The van der Waals surface area contributed by atoms with Crippen molar-refractivity contribution in [3.63, 3.8) is 0 Å². The zero-order valence-electron chi connectivity index (χ0n) is 81.6. The van der Waals surface area contributed by atoms with E-state index in [4.69, 9.17) is 50.5 Å². The van der Waals surface area contributed by atoms with E-state index >= 15 is 0 Å². The van der Waals surface area contributed by atoms with Gasteiger partial charge >= 0.3 is 0 Å². The van der Waals surface area contributed by atoms with Crippen LogP contribution in [0.2, 0.25) is 10.0 Å². The molecule has 0 radical (unpaired) electrons. The molecule has 0 aliphatic carbocycles. The third-order valence-corrected chi connectivity index (χ3v) is 27.9. The third-order valence-electron chi connectivity index (χ3n) is 21.5. The first-order chi connectivity index (χ1) is 62.3. The first-order valence-electron chi connectivity index (χ1n) is 47.0. The van der Waals surface area contributed by atoms with E-state index < -0.39 is 60.7 Å². The van der Waals surface area contributed by atoms with E-state index in [1.807, 2.05) is 78.9 Å². The Kier molecular flexibility index (Phi) is 64.2. The Morgan fingerprint density at radius 3 is 0.664 bits per heavy atom. The largest absolute Gasteiger partial charge is 0.286 e. The summed E-state index contributed by atoms with van der Waals surface area (Å²) in [7, 11) is -23.0. The Balaban J connectivity index is 0.000000805. The lowest BCUT2D eigenvalue weighted by Crippen LogP contribution is -2.10. The maximum atomic E-state index is 12.8. The van der Waals surface area contributed by atoms with Crippen molar-refractivity contribution in [3.8, 4) is 0 Å². The molecule has 0 fully saturated rings. The summed E-state index contributed by atoms with van der Waals surface area (Å²) < 4.78 is 196. The van der Waals surface area contributed by atoms with Gasteiger partial charge in [0.2, 0.25) is 0 Å². The summed E-state index contributed by atoms with van der Waals surface area (Å²) in [4.78, 5) is 0. The van der Waals surface area contributed by atoms with Crippen LogP contribution in [-0.2, 0) is 66.1 Å². The predicted molar refractivity (Wildman–Crippen MR) is 572 cm³/mol. The molecule has 0 aromatic heterocycles. The van der Waals surface area contributed by atoms with Crippen molar-refractivity contribution >= 4 is 152 Å². The summed E-state index contributed by atoms with van der Waals surface area (Å²) in [6, 6.07) is 46.7. The molecule has 0 saturated heterocycles. The fourth-order valence-corrected chi connectivity index (χ4v) is 18.9. The van der Waals surface area contributed by atoms with Crippen molar-refractivity contribution in [3.05, 3.63) is 246 Å². The van der Waals surface area contributed by atoms with Crippen molar-refractivity contribution in [1.29, 1.82) is 0 Å². The van der Waals surface area contributed by atoms with Crippen molar-refractivity contribution in [1.82, 2.24) is 0 Å². The molecule has 0 aliphatic rings. The molecule has 6 aromatic carbocycles. The second-order valence-electron chi connectivity index (χ2n) is 38.3. The Labute approximate surface area is 835 Å². The van der Waals surface area contributed by atoms with Gasteiger partial charge in [-0.05, 0) is 285 Å². The van der Waals surface area contributed by atoms with E-state index in [-0.39, 0.29) is 45.7 Å². The highest BCUT2D eigenvalue weighted by atomic mass is 79.9. The fourth-order valence-electron chi connectivity index (χ4n) is 14.7. The average molecular weight is 2150 g/mol. The Hall–Kier alpha value is -5.31. The highest BCUT2D eigenvalue weighted by Crippen LogP contribution is 2.30. The highest BCUT2D eigenvalue weighted by Gasteiger charge is 2.19. The van der Waals surface area contributed by atoms with Gasteiger partial charge in [0.25, 0.3) is 60.7 Å². The molecule has 0 saturated carbocycles. The number of rotatable bonds is 53. The quantitative estimate of drug-likeness (QED) is 0.0153. The van der Waals surface area contributed by atoms with Crippen molar-refractivity contribution < 1.29 is 82.2 Å². The average Bonchev–Trinajstić information content (AvgIpc) is 0.854. The molecule has 134 heavy (non-hydrogen) atoms. The summed E-state index contributed by atoms with van der Waals surface area (Å²) in [5, 5.41) is 1.45. The molecule has 0 spiro atoms. The summed E-state index contributed by atoms with van der Waals surface area (Å²) in [6.45, 7) is 32.8. The predicted octanol–water partition coefficient (Wildman–Crippen LogP) is 30.4. The molecule has 0 heterocycles. The number of halogens is 5. The van der Waals surface area contributed by atoms with Crippen molar-refractivity contribution in [2.24, 2.45) is 71.0 Å². The van der Waals surface area contributed by atoms with Crippen LogP contribution in [0.5, 0.6) is 0 Å². The summed E-state index contributed by atoms with van der Waals surface area (Å²) in [5.74, 6) is 4.71. The number of benzene rings is 6. The Morgan fingerprint density at radius 2 is 0.470 bits per heavy atom. The monoisotopic (exact) mass is 2140 g/mol. The minimum Gasteiger partial charge on any atom is -0.286 e. The second-order valence-corrected chi connectivity index (χ2v) is 50.5. The van der Waals surface area contributed by atoms with Gasteiger partial charge in [-0.3, -0.25) is 27.3 Å². The smallest absolute Gasteiger partial charge is 0.264 e. The van der Waals surface area contributed by atoms with Gasteiger partial charge in [-0.1, -0.05) is 355 Å². The van der Waals surface area contributed by atoms with E-state index in [2.05, 4.69) is 251 Å². The minimum atomic E-state index is -3.86. The van der Waals surface area contributed by atoms with Crippen molar-refractivity contribution in [2.45, 2.75) is 257 Å². The van der Waals surface area contributed by atoms with Gasteiger partial charge in [0, 0.05) is 19.0 Å². The molecule has 0 unspecified atom stereocenters. The number of hydrogen-bond acceptors (Lipinski definition) is 12. The zero-order valence-corrected chi connectivity index (χ0v) is 91.2. The van der Waals surface area contributed by atoms with Gasteiger partial charge in [0.15, 0.2) is 0 Å². The van der Waals surface area contributed by atoms with Crippen LogP contribution >= 0.6 is 55.1 Å². The number of allylic oxidation sites excluding steroid dienone is 6. The SMILES string of the molecule is CC(C)C[C@@H](/C=C/c1ccc(Br)cc1)CCCCS(=O)(=O)O.CC(C)C[C@@H](/C=C/c1ccc(Cl)cc1)CCCCS(=O)(=O)O.CC(C)C[C@H](/C=C/c1ccc(Br)cc1)CCCCS(=O)(=O)O.CC(C)C[C@H](/C=C/c1ccc(C(C)(C)C)cc1)CCCCS(=O)(=O)O.CC(C)C[C@H](/C=C/c1ccc(Cl)cc1)CCCCS(=O)(=O)O.CC(C)[C@@H](/C=C/c1ccc(F)cc1)CCCCS(=O)(=O)O. The molecule has 756 valence electrons. The maximum absolute atomic E-state index is 12.8. The summed E-state index contributed by atoms with van der Waals surface area (Å²) in [6.07, 6.45) is 44.4. The van der Waals surface area contributed by atoms with E-state index in [0.29, 0.717) is 110 Å². The van der Waals surface area contributed by atoms with Crippen LogP contribution < -0.4 is 0 Å². The molecular weight excluding hydrogens is 1990 g/mol. The van der Waals surface area contributed by atoms with Crippen LogP contribution in [0.1, 0.15) is 290 Å². The lowest BCUT2D eigenvalue weighted by atomic mass is 9.86. The first kappa shape index (κ1) is 127. The van der Waals surface area contributed by atoms with Crippen LogP contribution in [0.25, 0.3) is 36.5 Å². The fraction of sp³-hybridized carbons (Fsp3) is 0.543. The highest BCUT2D eigenvalue weighted by molar-refractivity contribution is 9.10. The molecule has 6 N–H and O–H groups in total. The summed E-state index contributed by atoms with van der Waals surface area (Å²) >= 11 is 18.6. The zero-order chi connectivity index (χ0) is 101. The van der Waals surface area contributed by atoms with Crippen LogP contribution in [-0.4, -0.2) is 112 Å². The van der Waals surface area contributed by atoms with E-state index in [0.717, 1.165) is 156 Å². The van der Waals surface area contributed by atoms with Gasteiger partial charge in [0.05, 0.1) is 34.5 Å². The first-order valence-corrected chi connectivity index (χ1v) is 59.0. The molecule has 29 heteroatoms. The van der Waals surface area contributed by atoms with Gasteiger partial charge in [-0.2, -0.15) is 50.5 Å². The van der Waals surface area contributed by atoms with Crippen LogP contribution in [0.15, 0.2) is 191 Å². The topological polar surface area (TPSA) is 326 Å². The minimum absolute atomic E-state index is 0.140. The second kappa shape index (κ2) is 67.9. The van der Waals surface area contributed by atoms with Gasteiger partial charge in [-0.25, -0.2) is 4.39 Å².